The molecule has 11 heavy (non-hydrogen) atoms. The quantitative estimate of drug-likeness (QED) is 0.620. The lowest BCUT2D eigenvalue weighted by atomic mass is 10.2. The van der Waals surface area contributed by atoms with Gasteiger partial charge in [-0.2, -0.15) is 0 Å². The van der Waals surface area contributed by atoms with E-state index in [4.69, 9.17) is 0 Å². The Morgan fingerprint density at radius 1 is 1.64 bits per heavy atom. The van der Waals surface area contributed by atoms with Crippen LogP contribution in [-0.2, 0) is 6.42 Å². The molecule has 0 saturated carbocycles. The van der Waals surface area contributed by atoms with Crippen LogP contribution in [0.4, 0.5) is 0 Å². The topological polar surface area (TPSA) is 42.0 Å². The van der Waals surface area contributed by atoms with Gasteiger partial charge in [0.05, 0.1) is 10.7 Å². The third-order valence-corrected chi connectivity index (χ3v) is 2.67. The van der Waals surface area contributed by atoms with Gasteiger partial charge in [0.25, 0.3) is 5.91 Å². The van der Waals surface area contributed by atoms with Crippen LogP contribution in [0.2, 0.25) is 0 Å². The molecule has 0 radical (unpaired) electrons. The van der Waals surface area contributed by atoms with Gasteiger partial charge in [0.2, 0.25) is 0 Å². The lowest BCUT2D eigenvalue weighted by Crippen LogP contribution is -2.30. The van der Waals surface area contributed by atoms with Gasteiger partial charge in [-0.05, 0) is 6.92 Å². The second kappa shape index (κ2) is 2.30. The molecule has 0 fully saturated rings. The molecule has 0 spiro atoms. The smallest absolute Gasteiger partial charge is 0.263 e. The van der Waals surface area contributed by atoms with Crippen molar-refractivity contribution >= 4 is 17.2 Å². The van der Waals surface area contributed by atoms with Gasteiger partial charge in [-0.1, -0.05) is 0 Å². The molecule has 2 heterocycles. The maximum atomic E-state index is 11.2. The van der Waals surface area contributed by atoms with Crippen molar-refractivity contribution < 1.29 is 4.79 Å². The maximum absolute atomic E-state index is 11.2. The van der Waals surface area contributed by atoms with Gasteiger partial charge in [0.15, 0.2) is 0 Å². The normalized spacial score (nSPS) is 15.9. The number of fused-ring (bicyclic) bond motifs is 1. The summed E-state index contributed by atoms with van der Waals surface area (Å²) in [4.78, 5) is 16.2. The van der Waals surface area contributed by atoms with E-state index >= 15 is 0 Å². The van der Waals surface area contributed by atoms with E-state index in [9.17, 15) is 4.79 Å². The summed E-state index contributed by atoms with van der Waals surface area (Å²) in [5.41, 5.74) is 0.969. The number of amides is 1. The summed E-state index contributed by atoms with van der Waals surface area (Å²) >= 11 is 1.48. The number of thiazole rings is 1. The summed E-state index contributed by atoms with van der Waals surface area (Å²) in [6, 6.07) is 0. The standard InChI is InChI=1S/C7H8N2OS/c1-4-9-5-2-3-8-7(10)6(5)11-4/h2-3H2,1H3,(H,8,10). The average molecular weight is 168 g/mol. The highest BCUT2D eigenvalue weighted by molar-refractivity contribution is 7.13. The molecule has 0 aromatic carbocycles. The van der Waals surface area contributed by atoms with Crippen LogP contribution in [0.1, 0.15) is 20.4 Å². The van der Waals surface area contributed by atoms with Crippen LogP contribution in [0.15, 0.2) is 0 Å². The lowest BCUT2D eigenvalue weighted by Gasteiger charge is -2.09. The second-order valence-electron chi connectivity index (χ2n) is 2.51. The molecule has 0 bridgehead atoms. The highest BCUT2D eigenvalue weighted by Gasteiger charge is 2.19. The number of hydrogen-bond donors (Lipinski definition) is 1. The number of hydrogen-bond acceptors (Lipinski definition) is 3. The van der Waals surface area contributed by atoms with Crippen molar-refractivity contribution in [2.45, 2.75) is 13.3 Å². The molecule has 1 aliphatic rings. The third kappa shape index (κ3) is 1.03. The van der Waals surface area contributed by atoms with Crippen LogP contribution in [-0.4, -0.2) is 17.4 Å². The monoisotopic (exact) mass is 168 g/mol. The minimum atomic E-state index is 0.0388. The Labute approximate surface area is 68.5 Å². The SMILES string of the molecule is Cc1nc2c(s1)C(=O)NCC2. The van der Waals surface area contributed by atoms with E-state index < -0.39 is 0 Å². The zero-order chi connectivity index (χ0) is 7.84. The molecule has 1 aromatic rings. The molecule has 1 amide bonds. The van der Waals surface area contributed by atoms with Crippen LogP contribution in [0.5, 0.6) is 0 Å². The second-order valence-corrected chi connectivity index (χ2v) is 3.72. The molecule has 2 rings (SSSR count). The molecule has 0 atom stereocenters. The maximum Gasteiger partial charge on any atom is 0.263 e. The molecule has 1 aromatic heterocycles. The predicted octanol–water partition coefficient (Wildman–Crippen LogP) is 0.737. The molecule has 0 unspecified atom stereocenters. The fourth-order valence-corrected chi connectivity index (χ4v) is 2.07. The number of nitrogens with one attached hydrogen (secondary N) is 1. The minimum absolute atomic E-state index is 0.0388. The molecule has 4 heteroatoms. The first-order chi connectivity index (χ1) is 5.27. The molecule has 0 aliphatic carbocycles. The van der Waals surface area contributed by atoms with E-state index in [-0.39, 0.29) is 5.91 Å². The Morgan fingerprint density at radius 2 is 2.45 bits per heavy atom. The first-order valence-corrected chi connectivity index (χ1v) is 4.33. The molecule has 3 nitrogen and oxygen atoms in total. The molecule has 1 aliphatic heterocycles. The highest BCUT2D eigenvalue weighted by atomic mass is 32.1. The summed E-state index contributed by atoms with van der Waals surface area (Å²) in [6.45, 7) is 2.66. The molecular weight excluding hydrogens is 160 g/mol. The predicted molar refractivity (Wildman–Crippen MR) is 42.9 cm³/mol. The van der Waals surface area contributed by atoms with Gasteiger partial charge in [-0.15, -0.1) is 11.3 Å². The Bertz CT molecular complexity index is 305. The minimum Gasteiger partial charge on any atom is -0.351 e. The fraction of sp³-hybridized carbons (Fsp3) is 0.429. The summed E-state index contributed by atoms with van der Waals surface area (Å²) in [6.07, 6.45) is 0.880. The van der Waals surface area contributed by atoms with Crippen molar-refractivity contribution in [3.05, 3.63) is 15.6 Å². The van der Waals surface area contributed by atoms with E-state index in [0.717, 1.165) is 28.5 Å². The van der Waals surface area contributed by atoms with Crippen LogP contribution in [0.25, 0.3) is 0 Å². The molecule has 58 valence electrons. The van der Waals surface area contributed by atoms with Crippen molar-refractivity contribution in [3.63, 3.8) is 0 Å². The van der Waals surface area contributed by atoms with E-state index in [2.05, 4.69) is 10.3 Å². The number of carbonyl (C=O) groups is 1. The summed E-state index contributed by atoms with van der Waals surface area (Å²) in [7, 11) is 0. The number of aromatic nitrogens is 1. The first-order valence-electron chi connectivity index (χ1n) is 3.52. The fourth-order valence-electron chi connectivity index (χ4n) is 1.19. The van der Waals surface area contributed by atoms with Crippen molar-refractivity contribution in [3.8, 4) is 0 Å². The number of nitrogens with zero attached hydrogens (tertiary/aromatic N) is 1. The largest absolute Gasteiger partial charge is 0.351 e. The van der Waals surface area contributed by atoms with Gasteiger partial charge in [-0.25, -0.2) is 4.98 Å². The van der Waals surface area contributed by atoms with Gasteiger partial charge >= 0.3 is 0 Å². The van der Waals surface area contributed by atoms with Crippen molar-refractivity contribution in [1.82, 2.24) is 10.3 Å². The van der Waals surface area contributed by atoms with E-state index in [1.54, 1.807) is 0 Å². The van der Waals surface area contributed by atoms with Gasteiger partial charge in [0, 0.05) is 13.0 Å². The van der Waals surface area contributed by atoms with Crippen LogP contribution in [0, 0.1) is 6.92 Å². The Morgan fingerprint density at radius 3 is 3.18 bits per heavy atom. The van der Waals surface area contributed by atoms with E-state index in [0.29, 0.717) is 0 Å². The van der Waals surface area contributed by atoms with Crippen molar-refractivity contribution in [1.29, 1.82) is 0 Å². The third-order valence-electron chi connectivity index (χ3n) is 1.66. The zero-order valence-corrected chi connectivity index (χ0v) is 6.99. The summed E-state index contributed by atoms with van der Waals surface area (Å²) in [5.74, 6) is 0.0388. The van der Waals surface area contributed by atoms with Crippen LogP contribution >= 0.6 is 11.3 Å². The molecule has 1 N–H and O–H groups in total. The first kappa shape index (κ1) is 6.79. The lowest BCUT2D eigenvalue weighted by molar-refractivity contribution is 0.0950. The number of rotatable bonds is 0. The average Bonchev–Trinajstić information content (AvgIpc) is 2.31. The van der Waals surface area contributed by atoms with Crippen LogP contribution in [0.3, 0.4) is 0 Å². The Hall–Kier alpha value is -0.900. The Balaban J connectivity index is 2.52. The molecular formula is C7H8N2OS. The zero-order valence-electron chi connectivity index (χ0n) is 6.18. The molecule has 0 saturated heterocycles. The van der Waals surface area contributed by atoms with Crippen molar-refractivity contribution in [2.75, 3.05) is 6.54 Å². The van der Waals surface area contributed by atoms with Gasteiger partial charge in [0.1, 0.15) is 4.88 Å². The number of aryl methyl sites for hydroxylation is 1. The number of carbonyl (C=O) groups excluding carboxylic acids is 1. The van der Waals surface area contributed by atoms with Crippen molar-refractivity contribution in [2.24, 2.45) is 0 Å². The van der Waals surface area contributed by atoms with Gasteiger partial charge < -0.3 is 5.32 Å². The summed E-state index contributed by atoms with van der Waals surface area (Å²) in [5, 5.41) is 3.76. The Kier molecular flexibility index (Phi) is 1.42. The van der Waals surface area contributed by atoms with Gasteiger partial charge in [-0.3, -0.25) is 4.79 Å². The van der Waals surface area contributed by atoms with E-state index in [1.807, 2.05) is 6.92 Å². The van der Waals surface area contributed by atoms with E-state index in [1.165, 1.54) is 11.3 Å². The summed E-state index contributed by atoms with van der Waals surface area (Å²) < 4.78 is 0. The van der Waals surface area contributed by atoms with Crippen LogP contribution < -0.4 is 5.32 Å². The highest BCUT2D eigenvalue weighted by Crippen LogP contribution is 2.20.